The van der Waals surface area contributed by atoms with Crippen molar-refractivity contribution >= 4 is 44.2 Å². The highest BCUT2D eigenvalue weighted by Gasteiger charge is 2.14. The van der Waals surface area contributed by atoms with Gasteiger partial charge in [-0.25, -0.2) is 0 Å². The van der Waals surface area contributed by atoms with Crippen molar-refractivity contribution in [1.29, 1.82) is 0 Å². The minimum absolute atomic E-state index is 0.00515. The van der Waals surface area contributed by atoms with E-state index < -0.39 is 0 Å². The topological polar surface area (TPSA) is 60.7 Å². The van der Waals surface area contributed by atoms with Crippen molar-refractivity contribution in [2.75, 3.05) is 7.11 Å². The number of ether oxygens (including phenoxy) is 1. The zero-order valence-corrected chi connectivity index (χ0v) is 16.3. The predicted octanol–water partition coefficient (Wildman–Crippen LogP) is 4.08. The lowest BCUT2D eigenvalue weighted by Crippen LogP contribution is -2.22. The molecule has 4 rings (SSSR count). The van der Waals surface area contributed by atoms with Gasteiger partial charge in [-0.3, -0.25) is 9.59 Å². The zero-order chi connectivity index (χ0) is 19.7. The van der Waals surface area contributed by atoms with Crippen molar-refractivity contribution in [3.05, 3.63) is 76.6 Å². The smallest absolute Gasteiger partial charge is 0.325 e. The van der Waals surface area contributed by atoms with Crippen LogP contribution >= 0.6 is 11.3 Å². The Balaban J connectivity index is 1.85. The molecule has 140 valence electrons. The molecule has 6 heteroatoms. The van der Waals surface area contributed by atoms with Gasteiger partial charge in [-0.15, -0.1) is 0 Å². The molecular formula is C22H18N2O3S. The average molecular weight is 390 g/mol. The first-order valence-electron chi connectivity index (χ1n) is 8.80. The van der Waals surface area contributed by atoms with E-state index in [1.165, 1.54) is 18.4 Å². The third-order valence-electron chi connectivity index (χ3n) is 4.61. The summed E-state index contributed by atoms with van der Waals surface area (Å²) in [6.45, 7) is 1.98. The lowest BCUT2D eigenvalue weighted by atomic mass is 10.1. The highest BCUT2D eigenvalue weighted by Crippen LogP contribution is 2.21. The van der Waals surface area contributed by atoms with E-state index in [1.54, 1.807) is 10.6 Å². The number of para-hydroxylation sites is 1. The molecule has 0 atom stereocenters. The standard InChI is InChI=1S/C22H18N2O3S/c1-14-6-5-9-18-20(14)24(13-19(25)27-2)22(28-18)23-21(26)17-11-10-15-7-3-4-8-16(15)12-17/h3-12H,13H2,1-2H3. The summed E-state index contributed by atoms with van der Waals surface area (Å²) in [5, 5.41) is 2.05. The minimum Gasteiger partial charge on any atom is -0.468 e. The molecule has 1 amide bonds. The molecule has 0 saturated carbocycles. The molecule has 0 fully saturated rings. The summed E-state index contributed by atoms with van der Waals surface area (Å²) in [6.07, 6.45) is 0. The van der Waals surface area contributed by atoms with Crippen molar-refractivity contribution in [2.45, 2.75) is 13.5 Å². The number of carbonyl (C=O) groups excluding carboxylic acids is 2. The maximum absolute atomic E-state index is 12.8. The van der Waals surface area contributed by atoms with E-state index >= 15 is 0 Å². The van der Waals surface area contributed by atoms with Gasteiger partial charge in [0.25, 0.3) is 5.91 Å². The monoisotopic (exact) mass is 390 g/mol. The fourth-order valence-corrected chi connectivity index (χ4v) is 4.31. The molecule has 0 aliphatic carbocycles. The number of thiazole rings is 1. The highest BCUT2D eigenvalue weighted by atomic mass is 32.1. The van der Waals surface area contributed by atoms with Gasteiger partial charge >= 0.3 is 5.97 Å². The van der Waals surface area contributed by atoms with Crippen LogP contribution in [-0.2, 0) is 16.1 Å². The second kappa shape index (κ2) is 7.40. The summed E-state index contributed by atoms with van der Waals surface area (Å²) in [5.41, 5.74) is 2.41. The molecule has 0 aliphatic rings. The van der Waals surface area contributed by atoms with E-state index in [1.807, 2.05) is 61.5 Å². The fraction of sp³-hybridized carbons (Fsp3) is 0.136. The van der Waals surface area contributed by atoms with Crippen LogP contribution < -0.4 is 4.80 Å². The SMILES string of the molecule is COC(=O)Cn1c(=NC(=O)c2ccc3ccccc3c2)sc2cccc(C)c21. The molecule has 0 spiro atoms. The van der Waals surface area contributed by atoms with Crippen LogP contribution in [0.4, 0.5) is 0 Å². The van der Waals surface area contributed by atoms with Gasteiger partial charge in [-0.2, -0.15) is 4.99 Å². The van der Waals surface area contributed by atoms with Gasteiger partial charge in [0.1, 0.15) is 6.54 Å². The van der Waals surface area contributed by atoms with E-state index in [-0.39, 0.29) is 18.4 Å². The van der Waals surface area contributed by atoms with Gasteiger partial charge in [0, 0.05) is 5.56 Å². The zero-order valence-electron chi connectivity index (χ0n) is 15.5. The number of methoxy groups -OCH3 is 1. The van der Waals surface area contributed by atoms with Crippen LogP contribution in [0.1, 0.15) is 15.9 Å². The lowest BCUT2D eigenvalue weighted by Gasteiger charge is -2.05. The maximum Gasteiger partial charge on any atom is 0.325 e. The van der Waals surface area contributed by atoms with Crippen LogP contribution in [0.5, 0.6) is 0 Å². The summed E-state index contributed by atoms with van der Waals surface area (Å²) in [7, 11) is 1.35. The minimum atomic E-state index is -0.387. The Morgan fingerprint density at radius 2 is 1.82 bits per heavy atom. The largest absolute Gasteiger partial charge is 0.468 e. The van der Waals surface area contributed by atoms with Gasteiger partial charge in [-0.05, 0) is 41.5 Å². The Bertz CT molecular complexity index is 1280. The van der Waals surface area contributed by atoms with E-state index in [9.17, 15) is 9.59 Å². The number of benzene rings is 3. The number of hydrogen-bond acceptors (Lipinski definition) is 4. The van der Waals surface area contributed by atoms with Gasteiger partial charge in [0.05, 0.1) is 17.3 Å². The Labute approximate surface area is 165 Å². The first kappa shape index (κ1) is 18.1. The number of aromatic nitrogens is 1. The fourth-order valence-electron chi connectivity index (χ4n) is 3.21. The first-order valence-corrected chi connectivity index (χ1v) is 9.62. The summed E-state index contributed by atoms with van der Waals surface area (Å²) in [5.74, 6) is -0.726. The van der Waals surface area contributed by atoms with E-state index in [0.717, 1.165) is 26.6 Å². The number of amides is 1. The molecule has 1 aromatic heterocycles. The number of fused-ring (bicyclic) bond motifs is 2. The summed E-state index contributed by atoms with van der Waals surface area (Å²) in [6, 6.07) is 19.3. The molecule has 1 heterocycles. The Hall–Kier alpha value is -3.25. The third-order valence-corrected chi connectivity index (χ3v) is 5.65. The molecule has 0 unspecified atom stereocenters. The van der Waals surface area contributed by atoms with E-state index in [0.29, 0.717) is 10.4 Å². The summed E-state index contributed by atoms with van der Waals surface area (Å²) in [4.78, 5) is 29.6. The molecule has 5 nitrogen and oxygen atoms in total. The second-order valence-electron chi connectivity index (χ2n) is 6.45. The molecular weight excluding hydrogens is 372 g/mol. The van der Waals surface area contributed by atoms with Crippen LogP contribution in [-0.4, -0.2) is 23.6 Å². The van der Waals surface area contributed by atoms with Crippen molar-refractivity contribution in [2.24, 2.45) is 4.99 Å². The normalized spacial score (nSPS) is 11.9. The van der Waals surface area contributed by atoms with Crippen molar-refractivity contribution < 1.29 is 14.3 Å². The number of esters is 1. The Kier molecular flexibility index (Phi) is 4.79. The van der Waals surface area contributed by atoms with Crippen molar-refractivity contribution in [3.63, 3.8) is 0 Å². The van der Waals surface area contributed by atoms with Crippen LogP contribution in [0.3, 0.4) is 0 Å². The number of carbonyl (C=O) groups is 2. The van der Waals surface area contributed by atoms with Crippen molar-refractivity contribution in [1.82, 2.24) is 4.57 Å². The molecule has 0 saturated heterocycles. The van der Waals surface area contributed by atoms with Crippen LogP contribution in [0, 0.1) is 6.92 Å². The Morgan fingerprint density at radius 3 is 2.61 bits per heavy atom. The van der Waals surface area contributed by atoms with Gasteiger partial charge < -0.3 is 9.30 Å². The first-order chi connectivity index (χ1) is 13.6. The molecule has 0 radical (unpaired) electrons. The number of hydrogen-bond donors (Lipinski definition) is 0. The third kappa shape index (κ3) is 3.34. The predicted molar refractivity (Wildman–Crippen MR) is 110 cm³/mol. The molecule has 28 heavy (non-hydrogen) atoms. The number of nitrogens with zero attached hydrogens (tertiary/aromatic N) is 2. The van der Waals surface area contributed by atoms with E-state index in [2.05, 4.69) is 4.99 Å². The van der Waals surface area contributed by atoms with Gasteiger partial charge in [-0.1, -0.05) is 53.8 Å². The summed E-state index contributed by atoms with van der Waals surface area (Å²) < 4.78 is 7.54. The lowest BCUT2D eigenvalue weighted by molar-refractivity contribution is -0.141. The number of rotatable bonds is 3. The number of aryl methyl sites for hydroxylation is 1. The van der Waals surface area contributed by atoms with Crippen LogP contribution in [0.25, 0.3) is 21.0 Å². The molecule has 0 aliphatic heterocycles. The average Bonchev–Trinajstić information content (AvgIpc) is 3.05. The quantitative estimate of drug-likeness (QED) is 0.495. The molecule has 0 N–H and O–H groups in total. The maximum atomic E-state index is 12.8. The van der Waals surface area contributed by atoms with Crippen LogP contribution in [0.2, 0.25) is 0 Å². The van der Waals surface area contributed by atoms with Crippen LogP contribution in [0.15, 0.2) is 65.7 Å². The van der Waals surface area contributed by atoms with Crippen molar-refractivity contribution in [3.8, 4) is 0 Å². The Morgan fingerprint density at radius 1 is 1.04 bits per heavy atom. The second-order valence-corrected chi connectivity index (χ2v) is 7.46. The summed E-state index contributed by atoms with van der Waals surface area (Å²) >= 11 is 1.38. The molecule has 0 bridgehead atoms. The highest BCUT2D eigenvalue weighted by molar-refractivity contribution is 7.16. The molecule has 4 aromatic rings. The van der Waals surface area contributed by atoms with Gasteiger partial charge in [0.15, 0.2) is 4.80 Å². The molecule has 3 aromatic carbocycles. The van der Waals surface area contributed by atoms with E-state index in [4.69, 9.17) is 4.74 Å². The van der Waals surface area contributed by atoms with Gasteiger partial charge in [0.2, 0.25) is 0 Å².